The molecule has 11 heteroatoms. The zero-order chi connectivity index (χ0) is 20.8. The van der Waals surface area contributed by atoms with Gasteiger partial charge in [0.05, 0.1) is 23.7 Å². The lowest BCUT2D eigenvalue weighted by Gasteiger charge is -2.15. The third kappa shape index (κ3) is 3.24. The summed E-state index contributed by atoms with van der Waals surface area (Å²) in [5.41, 5.74) is 0.370. The monoisotopic (exact) mass is 405 g/mol. The van der Waals surface area contributed by atoms with Crippen molar-refractivity contribution in [2.75, 3.05) is 7.11 Å². The highest BCUT2D eigenvalue weighted by Crippen LogP contribution is 2.31. The number of carbonyl (C=O) groups excluding carboxylic acids is 1. The minimum Gasteiger partial charge on any atom is -0.465 e. The molecular formula is C18H14F3N5O3. The summed E-state index contributed by atoms with van der Waals surface area (Å²) in [4.78, 5) is 27.7. The molecule has 4 rings (SSSR count). The zero-order valence-electron chi connectivity index (χ0n) is 15.0. The lowest BCUT2D eigenvalue weighted by molar-refractivity contribution is -0.147. The number of H-pyrrole nitrogens is 1. The highest BCUT2D eigenvalue weighted by atomic mass is 19.4. The second-order valence-electron chi connectivity index (χ2n) is 6.29. The van der Waals surface area contributed by atoms with Crippen LogP contribution >= 0.6 is 0 Å². The highest BCUT2D eigenvalue weighted by Gasteiger charge is 2.37. The van der Waals surface area contributed by atoms with Crippen LogP contribution in [-0.4, -0.2) is 37.4 Å². The summed E-state index contributed by atoms with van der Waals surface area (Å²) in [5.74, 6) is -1.72. The number of carbonyl (C=O) groups is 1. The van der Waals surface area contributed by atoms with Gasteiger partial charge in [0.2, 0.25) is 5.82 Å². The number of hydrogen-bond donors (Lipinski definition) is 1. The molecule has 0 fully saturated rings. The summed E-state index contributed by atoms with van der Waals surface area (Å²) >= 11 is 0. The number of esters is 1. The first-order valence-corrected chi connectivity index (χ1v) is 8.48. The Morgan fingerprint density at radius 2 is 1.97 bits per heavy atom. The molecule has 0 saturated heterocycles. The fourth-order valence-electron chi connectivity index (χ4n) is 3.21. The Labute approximate surface area is 160 Å². The number of aryl methyl sites for hydroxylation is 2. The van der Waals surface area contributed by atoms with E-state index in [2.05, 4.69) is 15.2 Å². The molecule has 0 amide bonds. The number of halogens is 3. The summed E-state index contributed by atoms with van der Waals surface area (Å²) < 4.78 is 47.6. The number of methoxy groups -OCH3 is 1. The van der Waals surface area contributed by atoms with Gasteiger partial charge in [0.1, 0.15) is 11.3 Å². The molecule has 8 nitrogen and oxygen atoms in total. The van der Waals surface area contributed by atoms with Crippen LogP contribution in [0.5, 0.6) is 0 Å². The largest absolute Gasteiger partial charge is 0.465 e. The van der Waals surface area contributed by atoms with E-state index in [0.29, 0.717) is 5.52 Å². The normalized spacial score (nSPS) is 12.0. The van der Waals surface area contributed by atoms with Crippen LogP contribution in [0.2, 0.25) is 0 Å². The van der Waals surface area contributed by atoms with Crippen LogP contribution in [0, 0.1) is 0 Å². The number of nitrogens with zero attached hydrogens (tertiary/aromatic N) is 4. The fourth-order valence-corrected chi connectivity index (χ4v) is 3.21. The third-order valence-electron chi connectivity index (χ3n) is 4.51. The first-order valence-electron chi connectivity index (χ1n) is 8.48. The van der Waals surface area contributed by atoms with E-state index in [1.165, 1.54) is 30.1 Å². The van der Waals surface area contributed by atoms with Crippen molar-refractivity contribution < 1.29 is 22.7 Å². The molecule has 150 valence electrons. The molecule has 0 saturated carbocycles. The van der Waals surface area contributed by atoms with Crippen LogP contribution in [0.1, 0.15) is 16.2 Å². The topological polar surface area (TPSA) is 94.8 Å². The summed E-state index contributed by atoms with van der Waals surface area (Å²) in [6, 6.07) is 6.30. The van der Waals surface area contributed by atoms with E-state index in [-0.39, 0.29) is 35.4 Å². The van der Waals surface area contributed by atoms with Crippen LogP contribution in [0.3, 0.4) is 0 Å². The number of nitrogens with one attached hydrogen (secondary N) is 1. The molecule has 2 aliphatic heterocycles. The number of imidazole rings is 1. The van der Waals surface area contributed by atoms with Crippen molar-refractivity contribution in [3.63, 3.8) is 0 Å². The first-order chi connectivity index (χ1) is 13.8. The molecule has 2 aliphatic rings. The average molecular weight is 405 g/mol. The molecule has 1 aromatic heterocycles. The van der Waals surface area contributed by atoms with Gasteiger partial charge in [0, 0.05) is 25.5 Å². The minimum atomic E-state index is -4.63. The molecule has 0 atom stereocenters. The van der Waals surface area contributed by atoms with E-state index in [0.717, 1.165) is 4.57 Å². The predicted molar refractivity (Wildman–Crippen MR) is 95.5 cm³/mol. The number of para-hydroxylation sites is 2. The number of aromatic nitrogens is 5. The zero-order valence-corrected chi connectivity index (χ0v) is 15.0. The Morgan fingerprint density at radius 3 is 2.69 bits per heavy atom. The van der Waals surface area contributed by atoms with E-state index in [1.807, 2.05) is 0 Å². The molecule has 1 aromatic carbocycles. The number of rotatable bonds is 4. The number of ether oxygens (including phenoxy) is 1. The molecule has 3 heterocycles. The Balaban J connectivity index is 1.76. The molecule has 0 unspecified atom stereocenters. The molecule has 0 spiro atoms. The van der Waals surface area contributed by atoms with Gasteiger partial charge in [-0.2, -0.15) is 18.3 Å². The quantitative estimate of drug-likeness (QED) is 0.527. The van der Waals surface area contributed by atoms with Crippen molar-refractivity contribution in [3.8, 4) is 11.3 Å². The Bertz CT molecular complexity index is 1240. The van der Waals surface area contributed by atoms with Gasteiger partial charge in [0.15, 0.2) is 0 Å². The number of aromatic amines is 1. The van der Waals surface area contributed by atoms with Gasteiger partial charge in [-0.15, -0.1) is 0 Å². The standard InChI is InChI=1S/C18H14F3N5O3/c1-29-16(28)11-9-25(8-10-14(11)23-24-15(10)27)6-7-26-13-5-3-2-4-12(13)22-17(26)18(19,20)21/h2-5,8-9H,6-7H2,1H3,(H,24,27). The highest BCUT2D eigenvalue weighted by molar-refractivity contribution is 5.95. The van der Waals surface area contributed by atoms with Gasteiger partial charge in [-0.05, 0) is 12.1 Å². The van der Waals surface area contributed by atoms with Gasteiger partial charge in [-0.3, -0.25) is 4.79 Å². The summed E-state index contributed by atoms with van der Waals surface area (Å²) in [7, 11) is 1.18. The number of benzene rings is 1. The van der Waals surface area contributed by atoms with Gasteiger partial charge >= 0.3 is 12.1 Å². The van der Waals surface area contributed by atoms with Crippen molar-refractivity contribution in [1.82, 2.24) is 24.3 Å². The summed E-state index contributed by atoms with van der Waals surface area (Å²) in [6.45, 7) is -0.0355. The molecule has 0 radical (unpaired) electrons. The van der Waals surface area contributed by atoms with Gasteiger partial charge in [0.25, 0.3) is 5.56 Å². The SMILES string of the molecule is COC(=O)c1cn(CCn2c(C(F)(F)F)nc3ccccc32)cc2c(=O)[nH]nc1-2. The van der Waals surface area contributed by atoms with E-state index in [4.69, 9.17) is 4.74 Å². The van der Waals surface area contributed by atoms with E-state index in [9.17, 15) is 22.8 Å². The van der Waals surface area contributed by atoms with Crippen molar-refractivity contribution in [2.24, 2.45) is 0 Å². The fraction of sp³-hybridized carbons (Fsp3) is 0.222. The molecule has 2 aromatic rings. The van der Waals surface area contributed by atoms with Crippen LogP contribution in [0.15, 0.2) is 41.5 Å². The van der Waals surface area contributed by atoms with Crippen LogP contribution in [-0.2, 0) is 24.0 Å². The first kappa shape index (κ1) is 18.7. The number of fused-ring (bicyclic) bond motifs is 2. The van der Waals surface area contributed by atoms with Gasteiger partial charge in [-0.1, -0.05) is 12.1 Å². The molecular weight excluding hydrogens is 391 g/mol. The molecule has 1 N–H and O–H groups in total. The predicted octanol–water partition coefficient (Wildman–Crippen LogP) is 2.53. The van der Waals surface area contributed by atoms with E-state index < -0.39 is 23.5 Å². The number of alkyl halides is 3. The Kier molecular flexibility index (Phi) is 4.36. The van der Waals surface area contributed by atoms with Crippen molar-refractivity contribution in [1.29, 1.82) is 0 Å². The van der Waals surface area contributed by atoms with Crippen molar-refractivity contribution in [2.45, 2.75) is 19.3 Å². The maximum Gasteiger partial charge on any atom is 0.449 e. The van der Waals surface area contributed by atoms with E-state index >= 15 is 0 Å². The lowest BCUT2D eigenvalue weighted by Crippen LogP contribution is -2.18. The van der Waals surface area contributed by atoms with Crippen LogP contribution in [0.25, 0.3) is 22.3 Å². The Hall–Kier alpha value is -3.63. The van der Waals surface area contributed by atoms with Gasteiger partial charge in [-0.25, -0.2) is 14.9 Å². The maximum absolute atomic E-state index is 13.4. The van der Waals surface area contributed by atoms with Crippen LogP contribution < -0.4 is 5.56 Å². The van der Waals surface area contributed by atoms with Crippen molar-refractivity contribution in [3.05, 3.63) is 58.4 Å². The molecule has 29 heavy (non-hydrogen) atoms. The second kappa shape index (κ2) is 6.76. The average Bonchev–Trinajstić information content (AvgIpc) is 3.26. The van der Waals surface area contributed by atoms with E-state index in [1.54, 1.807) is 18.2 Å². The summed E-state index contributed by atoms with van der Waals surface area (Å²) in [5, 5.41) is 6.07. The summed E-state index contributed by atoms with van der Waals surface area (Å²) in [6.07, 6.45) is -1.81. The molecule has 0 aliphatic carbocycles. The smallest absolute Gasteiger partial charge is 0.449 e. The number of pyridine rings is 1. The van der Waals surface area contributed by atoms with Crippen molar-refractivity contribution >= 4 is 17.0 Å². The van der Waals surface area contributed by atoms with Gasteiger partial charge < -0.3 is 13.9 Å². The second-order valence-corrected chi connectivity index (χ2v) is 6.29. The maximum atomic E-state index is 13.4. The third-order valence-corrected chi connectivity index (χ3v) is 4.51. The Morgan fingerprint density at radius 1 is 1.21 bits per heavy atom. The molecule has 0 bridgehead atoms. The lowest BCUT2D eigenvalue weighted by atomic mass is 10.1. The van der Waals surface area contributed by atoms with Crippen LogP contribution in [0.4, 0.5) is 13.2 Å². The minimum absolute atomic E-state index is 0.0369. The number of hydrogen-bond acceptors (Lipinski definition) is 5.